The van der Waals surface area contributed by atoms with Crippen LogP contribution < -0.4 is 10.2 Å². The summed E-state index contributed by atoms with van der Waals surface area (Å²) in [6.07, 6.45) is 3.51. The Kier molecular flexibility index (Phi) is 5.12. The fourth-order valence-electron chi connectivity index (χ4n) is 3.92. The summed E-state index contributed by atoms with van der Waals surface area (Å²) in [5.74, 6) is 0.728. The lowest BCUT2D eigenvalue weighted by Gasteiger charge is -2.28. The number of fused-ring (bicyclic) bond motifs is 1. The molecule has 0 saturated carbocycles. The van der Waals surface area contributed by atoms with Gasteiger partial charge in [-0.15, -0.1) is 0 Å². The van der Waals surface area contributed by atoms with Gasteiger partial charge in [-0.2, -0.15) is 5.26 Å². The summed E-state index contributed by atoms with van der Waals surface area (Å²) in [5.41, 5.74) is 5.38. The molecule has 2 heterocycles. The Labute approximate surface area is 166 Å². The third-order valence-electron chi connectivity index (χ3n) is 5.31. The van der Waals surface area contributed by atoms with Gasteiger partial charge in [-0.3, -0.25) is 0 Å². The Morgan fingerprint density at radius 2 is 1.82 bits per heavy atom. The van der Waals surface area contributed by atoms with Crippen LogP contribution in [0.1, 0.15) is 49.0 Å². The van der Waals surface area contributed by atoms with Gasteiger partial charge in [0.05, 0.1) is 17.1 Å². The van der Waals surface area contributed by atoms with E-state index in [2.05, 4.69) is 53.3 Å². The third kappa shape index (κ3) is 3.63. The molecule has 1 aliphatic heterocycles. The van der Waals surface area contributed by atoms with Crippen LogP contribution in [0.3, 0.4) is 0 Å². The van der Waals surface area contributed by atoms with E-state index >= 15 is 0 Å². The van der Waals surface area contributed by atoms with Gasteiger partial charge in [0.25, 0.3) is 0 Å². The summed E-state index contributed by atoms with van der Waals surface area (Å²) in [6.45, 7) is 6.08. The first-order chi connectivity index (χ1) is 13.7. The maximum atomic E-state index is 9.66. The second-order valence-corrected chi connectivity index (χ2v) is 7.51. The molecule has 4 rings (SSSR count). The predicted molar refractivity (Wildman–Crippen MR) is 114 cm³/mol. The normalized spacial score (nSPS) is 15.2. The summed E-state index contributed by atoms with van der Waals surface area (Å²) in [7, 11) is 0. The largest absolute Gasteiger partial charge is 0.378 e. The van der Waals surface area contributed by atoms with E-state index in [9.17, 15) is 5.26 Å². The van der Waals surface area contributed by atoms with Crippen molar-refractivity contribution in [3.05, 3.63) is 59.3 Å². The predicted octanol–water partition coefficient (Wildman–Crippen LogP) is 4.97. The first kappa shape index (κ1) is 18.2. The molecule has 1 fully saturated rings. The van der Waals surface area contributed by atoms with E-state index < -0.39 is 0 Å². The molecule has 0 spiro atoms. The Balaban J connectivity index is 1.80. The molecule has 1 unspecified atom stereocenters. The number of anilines is 2. The zero-order valence-electron chi connectivity index (χ0n) is 16.4. The molecule has 1 saturated heterocycles. The van der Waals surface area contributed by atoms with E-state index in [-0.39, 0.29) is 6.04 Å². The molecule has 5 heteroatoms. The van der Waals surface area contributed by atoms with E-state index in [1.807, 2.05) is 24.3 Å². The molecule has 0 radical (unpaired) electrons. The number of nitrogens with one attached hydrogen (secondary N) is 1. The molecule has 1 aliphatic rings. The van der Waals surface area contributed by atoms with Gasteiger partial charge in [0.1, 0.15) is 6.07 Å². The van der Waals surface area contributed by atoms with Gasteiger partial charge in [0.15, 0.2) is 11.5 Å². The number of hydrogen-bond acceptors (Lipinski definition) is 5. The molecule has 0 bridgehead atoms. The number of aromatic nitrogens is 2. The molecular weight excluding hydrogens is 346 g/mol. The fraction of sp³-hybridized carbons (Fsp3) is 0.348. The summed E-state index contributed by atoms with van der Waals surface area (Å²) in [4.78, 5) is 11.9. The minimum atomic E-state index is 0.0706. The highest BCUT2D eigenvalue weighted by Crippen LogP contribution is 2.30. The minimum absolute atomic E-state index is 0.0706. The van der Waals surface area contributed by atoms with Gasteiger partial charge in [-0.25, -0.2) is 9.97 Å². The third-order valence-corrected chi connectivity index (χ3v) is 5.31. The van der Waals surface area contributed by atoms with Crippen LogP contribution in [0.5, 0.6) is 0 Å². The van der Waals surface area contributed by atoms with Crippen molar-refractivity contribution in [2.75, 3.05) is 23.3 Å². The highest BCUT2D eigenvalue weighted by atomic mass is 15.2. The van der Waals surface area contributed by atoms with Crippen LogP contribution in [0.25, 0.3) is 11.0 Å². The smallest absolute Gasteiger partial charge is 0.183 e. The van der Waals surface area contributed by atoms with Crippen LogP contribution in [0.4, 0.5) is 11.5 Å². The maximum absolute atomic E-state index is 9.66. The Bertz CT molecular complexity index is 1020. The number of nitrogens with zero attached hydrogens (tertiary/aromatic N) is 4. The zero-order valence-corrected chi connectivity index (χ0v) is 16.4. The quantitative estimate of drug-likeness (QED) is 0.701. The average molecular weight is 371 g/mol. The molecule has 28 heavy (non-hydrogen) atoms. The molecular formula is C23H25N5. The molecule has 0 amide bonds. The fourth-order valence-corrected chi connectivity index (χ4v) is 3.92. The van der Waals surface area contributed by atoms with Gasteiger partial charge in [0.2, 0.25) is 0 Å². The molecule has 3 aromatic rings. The number of para-hydroxylation sites is 1. The number of rotatable bonds is 4. The molecule has 1 aromatic heterocycles. The number of nitriles is 1. The van der Waals surface area contributed by atoms with Crippen molar-refractivity contribution in [2.24, 2.45) is 0 Å². The summed E-state index contributed by atoms with van der Waals surface area (Å²) >= 11 is 0. The van der Waals surface area contributed by atoms with Crippen LogP contribution in [0, 0.1) is 18.3 Å². The van der Waals surface area contributed by atoms with Crippen molar-refractivity contribution in [1.29, 1.82) is 5.26 Å². The van der Waals surface area contributed by atoms with Crippen molar-refractivity contribution in [2.45, 2.75) is 39.2 Å². The van der Waals surface area contributed by atoms with Crippen LogP contribution >= 0.6 is 0 Å². The molecule has 1 atom stereocenters. The average Bonchev–Trinajstić information content (AvgIpc) is 2.73. The number of aryl methyl sites for hydroxylation is 1. The molecule has 2 aromatic carbocycles. The van der Waals surface area contributed by atoms with Gasteiger partial charge < -0.3 is 10.2 Å². The standard InChI is InChI=1S/C23H25N5/c1-16-13-19(17(2)25-18-9-5-3-6-10-18)22-20(14-16)26-21(15-24)23(27-22)28-11-7-4-8-12-28/h3,5-6,9-10,13-14,17,25H,4,7-8,11-12H2,1-2H3. The monoisotopic (exact) mass is 371 g/mol. The van der Waals surface area contributed by atoms with Crippen LogP contribution in [-0.4, -0.2) is 23.1 Å². The Morgan fingerprint density at radius 1 is 1.07 bits per heavy atom. The maximum Gasteiger partial charge on any atom is 0.183 e. The van der Waals surface area contributed by atoms with E-state index in [4.69, 9.17) is 4.98 Å². The summed E-state index contributed by atoms with van der Waals surface area (Å²) in [6, 6.07) is 16.7. The van der Waals surface area contributed by atoms with E-state index in [1.54, 1.807) is 0 Å². The van der Waals surface area contributed by atoms with Crippen molar-refractivity contribution in [1.82, 2.24) is 9.97 Å². The molecule has 0 aliphatic carbocycles. The second-order valence-electron chi connectivity index (χ2n) is 7.51. The highest BCUT2D eigenvalue weighted by Gasteiger charge is 2.21. The minimum Gasteiger partial charge on any atom is -0.378 e. The van der Waals surface area contributed by atoms with Crippen molar-refractivity contribution in [3.63, 3.8) is 0 Å². The summed E-state index contributed by atoms with van der Waals surface area (Å²) < 4.78 is 0. The lowest BCUT2D eigenvalue weighted by Crippen LogP contribution is -2.31. The van der Waals surface area contributed by atoms with Gasteiger partial charge >= 0.3 is 0 Å². The zero-order chi connectivity index (χ0) is 19.5. The van der Waals surface area contributed by atoms with E-state index in [0.29, 0.717) is 5.69 Å². The number of hydrogen-bond donors (Lipinski definition) is 1. The van der Waals surface area contributed by atoms with E-state index in [1.165, 1.54) is 6.42 Å². The second kappa shape index (κ2) is 7.85. The SMILES string of the molecule is Cc1cc(C(C)Nc2ccccc2)c2nc(N3CCCCC3)c(C#N)nc2c1. The van der Waals surface area contributed by atoms with Crippen molar-refractivity contribution < 1.29 is 0 Å². The lowest BCUT2D eigenvalue weighted by atomic mass is 10.0. The topological polar surface area (TPSA) is 64.8 Å². The number of benzene rings is 2. The highest BCUT2D eigenvalue weighted by molar-refractivity contribution is 5.82. The van der Waals surface area contributed by atoms with Crippen molar-refractivity contribution >= 4 is 22.5 Å². The van der Waals surface area contributed by atoms with E-state index in [0.717, 1.165) is 59.6 Å². The summed E-state index contributed by atoms with van der Waals surface area (Å²) in [5, 5.41) is 13.2. The van der Waals surface area contributed by atoms with Gasteiger partial charge in [-0.1, -0.05) is 24.3 Å². The molecule has 5 nitrogen and oxygen atoms in total. The number of piperidine rings is 1. The molecule has 1 N–H and O–H groups in total. The Morgan fingerprint density at radius 3 is 2.54 bits per heavy atom. The van der Waals surface area contributed by atoms with Crippen molar-refractivity contribution in [3.8, 4) is 6.07 Å². The van der Waals surface area contributed by atoms with Crippen LogP contribution in [0.15, 0.2) is 42.5 Å². The molecule has 142 valence electrons. The Hall–Kier alpha value is -3.13. The first-order valence-corrected chi connectivity index (χ1v) is 9.94. The first-order valence-electron chi connectivity index (χ1n) is 9.94. The van der Waals surface area contributed by atoms with Gasteiger partial charge in [0, 0.05) is 24.3 Å². The van der Waals surface area contributed by atoms with Gasteiger partial charge in [-0.05, 0) is 56.9 Å². The van der Waals surface area contributed by atoms with Crippen LogP contribution in [-0.2, 0) is 0 Å². The van der Waals surface area contributed by atoms with Crippen LogP contribution in [0.2, 0.25) is 0 Å². The lowest BCUT2D eigenvalue weighted by molar-refractivity contribution is 0.573.